The molecule has 1 aromatic rings. The molecule has 0 spiro atoms. The predicted molar refractivity (Wildman–Crippen MR) is 70.5 cm³/mol. The Balaban J connectivity index is 2.30. The van der Waals surface area contributed by atoms with Crippen molar-refractivity contribution in [3.8, 4) is 0 Å². The maximum absolute atomic E-state index is 11.7. The van der Waals surface area contributed by atoms with Crippen molar-refractivity contribution in [2.45, 2.75) is 45.7 Å². The molecule has 19 heavy (non-hydrogen) atoms. The van der Waals surface area contributed by atoms with Crippen molar-refractivity contribution in [2.75, 3.05) is 0 Å². The summed E-state index contributed by atoms with van der Waals surface area (Å²) in [7, 11) is 0. The van der Waals surface area contributed by atoms with Gasteiger partial charge in [0.15, 0.2) is 0 Å². The standard InChI is InChI=1S/C13H21N3O3/c1-10(2)9-11(13(18)19)15-12(17)5-3-7-16-8-4-6-14-16/h4,6,8,10-11H,3,5,7,9H2,1-2H3,(H,15,17)(H,18,19)/t11-/m0/s1. The number of aliphatic carboxylic acids is 1. The highest BCUT2D eigenvalue weighted by molar-refractivity contribution is 5.83. The van der Waals surface area contributed by atoms with Crippen LogP contribution in [0.15, 0.2) is 18.5 Å². The summed E-state index contributed by atoms with van der Waals surface area (Å²) in [6, 6.07) is 1.03. The van der Waals surface area contributed by atoms with Crippen molar-refractivity contribution in [1.29, 1.82) is 0 Å². The molecule has 1 rings (SSSR count). The highest BCUT2D eigenvalue weighted by Crippen LogP contribution is 2.05. The topological polar surface area (TPSA) is 84.2 Å². The summed E-state index contributed by atoms with van der Waals surface area (Å²) in [5.74, 6) is -0.972. The molecule has 0 bridgehead atoms. The van der Waals surface area contributed by atoms with Crippen molar-refractivity contribution in [2.24, 2.45) is 5.92 Å². The minimum atomic E-state index is -0.978. The lowest BCUT2D eigenvalue weighted by atomic mass is 10.0. The minimum absolute atomic E-state index is 0.222. The summed E-state index contributed by atoms with van der Waals surface area (Å²) in [4.78, 5) is 22.7. The Morgan fingerprint density at radius 3 is 2.68 bits per heavy atom. The normalized spacial score (nSPS) is 12.4. The minimum Gasteiger partial charge on any atom is -0.480 e. The molecule has 6 nitrogen and oxygen atoms in total. The van der Waals surface area contributed by atoms with Crippen LogP contribution in [-0.2, 0) is 16.1 Å². The van der Waals surface area contributed by atoms with Crippen LogP contribution in [-0.4, -0.2) is 32.8 Å². The van der Waals surface area contributed by atoms with Crippen LogP contribution >= 0.6 is 0 Å². The molecule has 1 amide bonds. The summed E-state index contributed by atoms with van der Waals surface area (Å²) in [6.45, 7) is 4.52. The quantitative estimate of drug-likeness (QED) is 0.743. The average molecular weight is 267 g/mol. The zero-order chi connectivity index (χ0) is 14.3. The maximum Gasteiger partial charge on any atom is 0.326 e. The summed E-state index contributed by atoms with van der Waals surface area (Å²) in [6.07, 6.45) is 4.91. The second kappa shape index (κ2) is 7.56. The number of hydrogen-bond donors (Lipinski definition) is 2. The van der Waals surface area contributed by atoms with Gasteiger partial charge in [0.05, 0.1) is 0 Å². The van der Waals surface area contributed by atoms with Crippen LogP contribution in [0, 0.1) is 5.92 Å². The number of rotatable bonds is 8. The number of nitrogens with one attached hydrogen (secondary N) is 1. The number of nitrogens with zero attached hydrogens (tertiary/aromatic N) is 2. The van der Waals surface area contributed by atoms with E-state index in [1.54, 1.807) is 10.9 Å². The fraction of sp³-hybridized carbons (Fsp3) is 0.615. The Hall–Kier alpha value is -1.85. The molecule has 0 saturated carbocycles. The molecule has 1 heterocycles. The van der Waals surface area contributed by atoms with Gasteiger partial charge in [-0.25, -0.2) is 4.79 Å². The Labute approximate surface area is 112 Å². The molecule has 0 unspecified atom stereocenters. The Morgan fingerprint density at radius 2 is 2.16 bits per heavy atom. The van der Waals surface area contributed by atoms with E-state index in [1.165, 1.54) is 0 Å². The highest BCUT2D eigenvalue weighted by atomic mass is 16.4. The van der Waals surface area contributed by atoms with E-state index in [-0.39, 0.29) is 11.8 Å². The van der Waals surface area contributed by atoms with E-state index >= 15 is 0 Å². The number of carboxylic acid groups (broad SMARTS) is 1. The monoisotopic (exact) mass is 267 g/mol. The van der Waals surface area contributed by atoms with Gasteiger partial charge in [-0.1, -0.05) is 13.8 Å². The van der Waals surface area contributed by atoms with Crippen LogP contribution < -0.4 is 5.32 Å². The van der Waals surface area contributed by atoms with Gasteiger partial charge in [0.1, 0.15) is 6.04 Å². The lowest BCUT2D eigenvalue weighted by Crippen LogP contribution is -2.41. The molecule has 0 aliphatic heterocycles. The van der Waals surface area contributed by atoms with Gasteiger partial charge in [-0.3, -0.25) is 9.48 Å². The summed E-state index contributed by atoms with van der Waals surface area (Å²) in [5.41, 5.74) is 0. The zero-order valence-electron chi connectivity index (χ0n) is 11.4. The smallest absolute Gasteiger partial charge is 0.326 e. The molecule has 106 valence electrons. The molecule has 1 atom stereocenters. The molecule has 1 aromatic heterocycles. The van der Waals surface area contributed by atoms with Crippen molar-refractivity contribution in [1.82, 2.24) is 15.1 Å². The predicted octanol–water partition coefficient (Wildman–Crippen LogP) is 1.28. The van der Waals surface area contributed by atoms with Gasteiger partial charge in [-0.15, -0.1) is 0 Å². The summed E-state index contributed by atoms with van der Waals surface area (Å²) in [5, 5.41) is 15.6. The molecule has 0 aliphatic rings. The number of carbonyl (C=O) groups is 2. The van der Waals surface area contributed by atoms with Crippen LogP contribution in [0.1, 0.15) is 33.1 Å². The first-order valence-corrected chi connectivity index (χ1v) is 6.48. The van der Waals surface area contributed by atoms with E-state index in [9.17, 15) is 9.59 Å². The lowest BCUT2D eigenvalue weighted by Gasteiger charge is -2.16. The van der Waals surface area contributed by atoms with E-state index < -0.39 is 12.0 Å². The first-order chi connectivity index (χ1) is 8.99. The molecular weight excluding hydrogens is 246 g/mol. The van der Waals surface area contributed by atoms with E-state index in [4.69, 9.17) is 5.11 Å². The Bertz CT molecular complexity index is 401. The SMILES string of the molecule is CC(C)C[C@H](NC(=O)CCCn1cccn1)C(=O)O. The van der Waals surface area contributed by atoms with Gasteiger partial charge in [-0.05, 0) is 24.8 Å². The van der Waals surface area contributed by atoms with Gasteiger partial charge in [0, 0.05) is 25.4 Å². The number of aryl methyl sites for hydroxylation is 1. The van der Waals surface area contributed by atoms with Gasteiger partial charge in [0.25, 0.3) is 0 Å². The first kappa shape index (κ1) is 15.2. The number of aromatic nitrogens is 2. The molecule has 6 heteroatoms. The molecule has 0 radical (unpaired) electrons. The van der Waals surface area contributed by atoms with E-state index in [0.29, 0.717) is 25.8 Å². The zero-order valence-corrected chi connectivity index (χ0v) is 11.4. The number of hydrogen-bond acceptors (Lipinski definition) is 3. The van der Waals surface area contributed by atoms with Crippen molar-refractivity contribution in [3.05, 3.63) is 18.5 Å². The van der Waals surface area contributed by atoms with E-state index in [1.807, 2.05) is 26.1 Å². The van der Waals surface area contributed by atoms with Crippen molar-refractivity contribution < 1.29 is 14.7 Å². The third kappa shape index (κ3) is 6.03. The van der Waals surface area contributed by atoms with E-state index in [0.717, 1.165) is 0 Å². The molecular formula is C13H21N3O3. The molecule has 2 N–H and O–H groups in total. The first-order valence-electron chi connectivity index (χ1n) is 6.48. The maximum atomic E-state index is 11.7. The van der Waals surface area contributed by atoms with Crippen molar-refractivity contribution in [3.63, 3.8) is 0 Å². The van der Waals surface area contributed by atoms with Crippen LogP contribution in [0.5, 0.6) is 0 Å². The molecule has 0 fully saturated rings. The second-order valence-electron chi connectivity index (χ2n) is 4.96. The molecule has 0 aliphatic carbocycles. The fourth-order valence-corrected chi connectivity index (χ4v) is 1.79. The Kier molecular flexibility index (Phi) is 6.05. The van der Waals surface area contributed by atoms with Gasteiger partial charge in [0.2, 0.25) is 5.91 Å². The third-order valence-electron chi connectivity index (χ3n) is 2.69. The van der Waals surface area contributed by atoms with Gasteiger partial charge in [-0.2, -0.15) is 5.10 Å². The van der Waals surface area contributed by atoms with E-state index in [2.05, 4.69) is 10.4 Å². The molecule has 0 aromatic carbocycles. The highest BCUT2D eigenvalue weighted by Gasteiger charge is 2.20. The lowest BCUT2D eigenvalue weighted by molar-refractivity contribution is -0.142. The van der Waals surface area contributed by atoms with Crippen molar-refractivity contribution >= 4 is 11.9 Å². The van der Waals surface area contributed by atoms with Gasteiger partial charge < -0.3 is 10.4 Å². The average Bonchev–Trinajstić information content (AvgIpc) is 2.80. The largest absolute Gasteiger partial charge is 0.480 e. The summed E-state index contributed by atoms with van der Waals surface area (Å²) < 4.78 is 1.75. The van der Waals surface area contributed by atoms with Crippen LogP contribution in [0.4, 0.5) is 0 Å². The van der Waals surface area contributed by atoms with Crippen LogP contribution in [0.25, 0.3) is 0 Å². The number of carboxylic acids is 1. The number of carbonyl (C=O) groups excluding carboxylic acids is 1. The van der Waals surface area contributed by atoms with Crippen LogP contribution in [0.2, 0.25) is 0 Å². The second-order valence-corrected chi connectivity index (χ2v) is 4.96. The van der Waals surface area contributed by atoms with Gasteiger partial charge >= 0.3 is 5.97 Å². The Morgan fingerprint density at radius 1 is 1.42 bits per heavy atom. The summed E-state index contributed by atoms with van der Waals surface area (Å²) >= 11 is 0. The third-order valence-corrected chi connectivity index (χ3v) is 2.69. The molecule has 0 saturated heterocycles. The number of amides is 1. The fourth-order valence-electron chi connectivity index (χ4n) is 1.79. The van der Waals surface area contributed by atoms with Crippen LogP contribution in [0.3, 0.4) is 0 Å².